The summed E-state index contributed by atoms with van der Waals surface area (Å²) in [4.78, 5) is 16.1. The van der Waals surface area contributed by atoms with Crippen molar-refractivity contribution in [1.82, 2.24) is 5.32 Å². The van der Waals surface area contributed by atoms with Crippen molar-refractivity contribution < 1.29 is 18.3 Å². The second kappa shape index (κ2) is 8.06. The molecule has 2 aliphatic rings. The second-order valence-electron chi connectivity index (χ2n) is 6.68. The zero-order valence-corrected chi connectivity index (χ0v) is 15.8. The van der Waals surface area contributed by atoms with Gasteiger partial charge in [0, 0.05) is 23.5 Å². The van der Waals surface area contributed by atoms with Crippen molar-refractivity contribution in [3.05, 3.63) is 82.0 Å². The number of hydrogen-bond donors (Lipinski definition) is 1. The van der Waals surface area contributed by atoms with Gasteiger partial charge < -0.3 is 10.1 Å². The molecule has 2 aromatic carbocycles. The standard InChI is InChI=1S/C22H15ClF2N2O2/c23-18-4-2-1-3-14(18)6-5-13-9-15(12-26-11-13)20-21(29-22(28)27-20)17-10-16(24)7-8-19(17)25/h1-4,7-8,10-13,20-21H,9H2,(H,27,28). The zero-order valence-electron chi connectivity index (χ0n) is 15.0. The molecular formula is C22H15ClF2N2O2. The van der Waals surface area contributed by atoms with Gasteiger partial charge in [-0.2, -0.15) is 0 Å². The number of ether oxygens (including phenoxy) is 1. The Morgan fingerprint density at radius 2 is 2.03 bits per heavy atom. The Morgan fingerprint density at radius 1 is 1.21 bits per heavy atom. The first-order chi connectivity index (χ1) is 14.0. The Kier molecular flexibility index (Phi) is 5.32. The maximum atomic E-state index is 14.2. The Balaban J connectivity index is 1.57. The lowest BCUT2D eigenvalue weighted by molar-refractivity contribution is 0.132. The Hall–Kier alpha value is -3.17. The molecule has 1 amide bonds. The molecule has 3 atom stereocenters. The van der Waals surface area contributed by atoms with Crippen molar-refractivity contribution in [2.75, 3.05) is 0 Å². The SMILES string of the molecule is O=C1NC(C2=CN=CC(C#Cc3ccccc3Cl)C2)C(c2cc(F)ccc2F)O1. The minimum Gasteiger partial charge on any atom is -0.439 e. The third-order valence-corrected chi connectivity index (χ3v) is 5.03. The molecule has 1 saturated heterocycles. The number of nitrogens with one attached hydrogen (secondary N) is 1. The maximum absolute atomic E-state index is 14.2. The van der Waals surface area contributed by atoms with Crippen molar-refractivity contribution in [2.24, 2.45) is 10.9 Å². The molecule has 2 aliphatic heterocycles. The molecule has 7 heteroatoms. The molecule has 0 aliphatic carbocycles. The van der Waals surface area contributed by atoms with E-state index in [1.165, 1.54) is 0 Å². The van der Waals surface area contributed by atoms with E-state index >= 15 is 0 Å². The van der Waals surface area contributed by atoms with Crippen molar-refractivity contribution in [2.45, 2.75) is 18.6 Å². The van der Waals surface area contributed by atoms with Crippen LogP contribution in [-0.4, -0.2) is 18.3 Å². The van der Waals surface area contributed by atoms with Crippen LogP contribution in [0.2, 0.25) is 5.02 Å². The molecule has 0 bridgehead atoms. The van der Waals surface area contributed by atoms with Gasteiger partial charge in [-0.25, -0.2) is 13.6 Å². The molecule has 0 aromatic heterocycles. The third kappa shape index (κ3) is 4.15. The van der Waals surface area contributed by atoms with Crippen molar-refractivity contribution in [3.8, 4) is 11.8 Å². The number of halogens is 3. The quantitative estimate of drug-likeness (QED) is 0.721. The van der Waals surface area contributed by atoms with Crippen LogP contribution in [0.15, 0.2) is 59.2 Å². The molecular weight excluding hydrogens is 398 g/mol. The lowest BCUT2D eigenvalue weighted by Crippen LogP contribution is -2.32. The van der Waals surface area contributed by atoms with E-state index in [4.69, 9.17) is 16.3 Å². The number of hydrogen-bond acceptors (Lipinski definition) is 3. The maximum Gasteiger partial charge on any atom is 0.408 e. The lowest BCUT2D eigenvalue weighted by atomic mass is 9.89. The monoisotopic (exact) mass is 412 g/mol. The first-order valence-corrected chi connectivity index (χ1v) is 9.29. The molecule has 146 valence electrons. The average Bonchev–Trinajstić information content (AvgIpc) is 3.11. The molecule has 3 unspecified atom stereocenters. The van der Waals surface area contributed by atoms with E-state index in [0.29, 0.717) is 22.6 Å². The van der Waals surface area contributed by atoms with Gasteiger partial charge in [0.2, 0.25) is 0 Å². The topological polar surface area (TPSA) is 50.7 Å². The lowest BCUT2D eigenvalue weighted by Gasteiger charge is -2.23. The zero-order chi connectivity index (χ0) is 20.4. The summed E-state index contributed by atoms with van der Waals surface area (Å²) in [6, 6.07) is 9.65. The summed E-state index contributed by atoms with van der Waals surface area (Å²) in [6.07, 6.45) is 2.07. The van der Waals surface area contributed by atoms with Crippen LogP contribution in [-0.2, 0) is 4.74 Å². The van der Waals surface area contributed by atoms with E-state index in [9.17, 15) is 13.6 Å². The smallest absolute Gasteiger partial charge is 0.408 e. The number of rotatable bonds is 2. The summed E-state index contributed by atoms with van der Waals surface area (Å²) in [5.41, 5.74) is 1.39. The first-order valence-electron chi connectivity index (χ1n) is 8.91. The summed E-state index contributed by atoms with van der Waals surface area (Å²) < 4.78 is 33.1. The molecule has 0 radical (unpaired) electrons. The fraction of sp³-hybridized carbons (Fsp3) is 0.182. The molecule has 4 rings (SSSR count). The van der Waals surface area contributed by atoms with Crippen LogP contribution in [0.4, 0.5) is 13.6 Å². The molecule has 29 heavy (non-hydrogen) atoms. The van der Waals surface area contributed by atoms with Gasteiger partial charge in [-0.1, -0.05) is 35.6 Å². The van der Waals surface area contributed by atoms with E-state index in [2.05, 4.69) is 22.2 Å². The first kappa shape index (κ1) is 19.2. The average molecular weight is 413 g/mol. The highest BCUT2D eigenvalue weighted by Gasteiger charge is 2.40. The van der Waals surface area contributed by atoms with E-state index in [-0.39, 0.29) is 11.5 Å². The third-order valence-electron chi connectivity index (χ3n) is 4.70. The summed E-state index contributed by atoms with van der Waals surface area (Å²) in [6.45, 7) is 0. The molecule has 2 aromatic rings. The van der Waals surface area contributed by atoms with E-state index in [0.717, 1.165) is 18.2 Å². The molecule has 4 nitrogen and oxygen atoms in total. The fourth-order valence-electron chi connectivity index (χ4n) is 3.31. The van der Waals surface area contributed by atoms with E-state index in [1.54, 1.807) is 18.5 Å². The minimum absolute atomic E-state index is 0.0255. The number of carbonyl (C=O) groups excluding carboxylic acids is 1. The highest BCUT2D eigenvalue weighted by atomic mass is 35.5. The van der Waals surface area contributed by atoms with Gasteiger partial charge in [-0.15, -0.1) is 0 Å². The van der Waals surface area contributed by atoms with Gasteiger partial charge in [0.1, 0.15) is 11.6 Å². The largest absolute Gasteiger partial charge is 0.439 e. The highest BCUT2D eigenvalue weighted by molar-refractivity contribution is 6.31. The van der Waals surface area contributed by atoms with Crippen molar-refractivity contribution >= 4 is 23.9 Å². The van der Waals surface area contributed by atoms with Crippen LogP contribution in [0, 0.1) is 29.4 Å². The highest BCUT2D eigenvalue weighted by Crippen LogP contribution is 2.35. The van der Waals surface area contributed by atoms with E-state index < -0.39 is 29.9 Å². The fourth-order valence-corrected chi connectivity index (χ4v) is 3.50. The predicted octanol–water partition coefficient (Wildman–Crippen LogP) is 4.79. The van der Waals surface area contributed by atoms with Gasteiger partial charge >= 0.3 is 6.09 Å². The number of amides is 1. The number of cyclic esters (lactones) is 1. The van der Waals surface area contributed by atoms with Crippen LogP contribution in [0.3, 0.4) is 0 Å². The number of carbonyl (C=O) groups is 1. The Bertz CT molecular complexity index is 1090. The Labute approximate surface area is 171 Å². The summed E-state index contributed by atoms with van der Waals surface area (Å²) in [7, 11) is 0. The van der Waals surface area contributed by atoms with Gasteiger partial charge in [0.05, 0.1) is 17.0 Å². The predicted molar refractivity (Wildman–Crippen MR) is 106 cm³/mol. The summed E-state index contributed by atoms with van der Waals surface area (Å²) in [5.74, 6) is 4.66. The normalized spacial score (nSPS) is 22.9. The Morgan fingerprint density at radius 3 is 2.86 bits per heavy atom. The van der Waals surface area contributed by atoms with Gasteiger partial charge in [-0.05, 0) is 42.3 Å². The molecule has 1 fully saturated rings. The molecule has 0 spiro atoms. The number of aliphatic imine (C=N–C) groups is 1. The van der Waals surface area contributed by atoms with Crippen molar-refractivity contribution in [1.29, 1.82) is 0 Å². The van der Waals surface area contributed by atoms with Crippen LogP contribution in [0.25, 0.3) is 0 Å². The number of nitrogens with zero attached hydrogens (tertiary/aromatic N) is 1. The second-order valence-corrected chi connectivity index (χ2v) is 7.08. The van der Waals surface area contributed by atoms with Crippen LogP contribution in [0.5, 0.6) is 0 Å². The van der Waals surface area contributed by atoms with Gasteiger partial charge in [0.15, 0.2) is 6.10 Å². The molecule has 2 heterocycles. The summed E-state index contributed by atoms with van der Waals surface area (Å²) >= 11 is 6.13. The van der Waals surface area contributed by atoms with Crippen LogP contribution in [0.1, 0.15) is 23.7 Å². The molecule has 1 N–H and O–H groups in total. The van der Waals surface area contributed by atoms with Crippen LogP contribution >= 0.6 is 11.6 Å². The van der Waals surface area contributed by atoms with Gasteiger partial charge in [-0.3, -0.25) is 4.99 Å². The number of benzene rings is 2. The van der Waals surface area contributed by atoms with Crippen LogP contribution < -0.4 is 5.32 Å². The molecule has 0 saturated carbocycles. The van der Waals surface area contributed by atoms with E-state index in [1.807, 2.05) is 18.2 Å². The minimum atomic E-state index is -0.991. The number of alkyl carbamates (subject to hydrolysis) is 1. The van der Waals surface area contributed by atoms with Gasteiger partial charge in [0.25, 0.3) is 0 Å². The summed E-state index contributed by atoms with van der Waals surface area (Å²) in [5, 5.41) is 3.22. The van der Waals surface area contributed by atoms with Crippen molar-refractivity contribution in [3.63, 3.8) is 0 Å².